The highest BCUT2D eigenvalue weighted by atomic mass is 16.6. The van der Waals surface area contributed by atoms with Crippen LogP contribution in [-0.2, 0) is 17.7 Å². The zero-order chi connectivity index (χ0) is 25.3. The van der Waals surface area contributed by atoms with Crippen molar-refractivity contribution in [2.24, 2.45) is 0 Å². The summed E-state index contributed by atoms with van der Waals surface area (Å²) in [5.41, 5.74) is 2.93. The fraction of sp³-hybridized carbons (Fsp3) is 0.520. The molecule has 1 amide bonds. The van der Waals surface area contributed by atoms with E-state index in [0.717, 1.165) is 60.6 Å². The Balaban J connectivity index is 1.46. The monoisotopic (exact) mass is 497 g/mol. The van der Waals surface area contributed by atoms with Gasteiger partial charge in [0, 0.05) is 56.7 Å². The number of aromatic nitrogens is 4. The molecule has 3 N–H and O–H groups in total. The Hall–Kier alpha value is -3.60. The number of rotatable bonds is 11. The Morgan fingerprint density at radius 3 is 2.89 bits per heavy atom. The van der Waals surface area contributed by atoms with Crippen molar-refractivity contribution in [3.63, 3.8) is 0 Å². The smallest absolute Gasteiger partial charge is 0.406 e. The van der Waals surface area contributed by atoms with Crippen LogP contribution in [0.1, 0.15) is 43.7 Å². The molecule has 3 aromatic rings. The molecule has 11 nitrogen and oxygen atoms in total. The van der Waals surface area contributed by atoms with Gasteiger partial charge in [0.25, 0.3) is 0 Å². The van der Waals surface area contributed by atoms with Crippen LogP contribution < -0.4 is 20.3 Å². The van der Waals surface area contributed by atoms with Crippen molar-refractivity contribution >= 4 is 23.4 Å². The first-order valence-corrected chi connectivity index (χ1v) is 12.5. The van der Waals surface area contributed by atoms with E-state index < -0.39 is 6.09 Å². The minimum Gasteiger partial charge on any atom is -0.474 e. The Bertz CT molecular complexity index is 1130. The number of anilines is 2. The van der Waals surface area contributed by atoms with Crippen molar-refractivity contribution in [1.82, 2.24) is 24.9 Å². The average molecular weight is 498 g/mol. The van der Waals surface area contributed by atoms with Gasteiger partial charge in [-0.2, -0.15) is 9.61 Å². The van der Waals surface area contributed by atoms with E-state index in [2.05, 4.69) is 32.5 Å². The third-order valence-corrected chi connectivity index (χ3v) is 6.34. The van der Waals surface area contributed by atoms with Gasteiger partial charge in [0.2, 0.25) is 5.88 Å². The molecular weight excluding hydrogens is 462 g/mol. The Morgan fingerprint density at radius 2 is 2.14 bits per heavy atom. The van der Waals surface area contributed by atoms with Crippen LogP contribution in [0.4, 0.5) is 16.4 Å². The normalized spacial score (nSPS) is 15.6. The number of piperidine rings is 1. The molecule has 0 saturated carbocycles. The zero-order valence-corrected chi connectivity index (χ0v) is 20.9. The number of pyridine rings is 1. The van der Waals surface area contributed by atoms with E-state index in [1.54, 1.807) is 12.3 Å². The third-order valence-electron chi connectivity index (χ3n) is 6.34. The molecule has 1 aliphatic heterocycles. The lowest BCUT2D eigenvalue weighted by molar-refractivity contribution is 0.125. The minimum absolute atomic E-state index is 0.144. The van der Waals surface area contributed by atoms with Crippen molar-refractivity contribution in [2.75, 3.05) is 43.6 Å². The van der Waals surface area contributed by atoms with Crippen LogP contribution in [0.15, 0.2) is 30.6 Å². The molecule has 0 unspecified atom stereocenters. The van der Waals surface area contributed by atoms with Crippen molar-refractivity contribution in [2.45, 2.75) is 51.6 Å². The molecule has 1 aliphatic rings. The number of aliphatic hydroxyl groups excluding tert-OH is 1. The van der Waals surface area contributed by atoms with Crippen LogP contribution in [-0.4, -0.2) is 70.2 Å². The third kappa shape index (κ3) is 6.14. The second kappa shape index (κ2) is 12.4. The van der Waals surface area contributed by atoms with Gasteiger partial charge < -0.3 is 30.1 Å². The zero-order valence-electron chi connectivity index (χ0n) is 20.9. The highest BCUT2D eigenvalue weighted by Gasteiger charge is 2.24. The molecule has 1 atom stereocenters. The topological polar surface area (TPSA) is 126 Å². The molecule has 11 heteroatoms. The van der Waals surface area contributed by atoms with Gasteiger partial charge in [-0.25, -0.2) is 14.8 Å². The summed E-state index contributed by atoms with van der Waals surface area (Å²) in [5, 5.41) is 20.0. The van der Waals surface area contributed by atoms with E-state index >= 15 is 0 Å². The Morgan fingerprint density at radius 1 is 1.25 bits per heavy atom. The average Bonchev–Trinajstić information content (AvgIpc) is 3.34. The quantitative estimate of drug-likeness (QED) is 0.343. The Labute approximate surface area is 210 Å². The molecule has 0 spiro atoms. The van der Waals surface area contributed by atoms with Crippen LogP contribution in [0.5, 0.6) is 5.88 Å². The summed E-state index contributed by atoms with van der Waals surface area (Å²) >= 11 is 0. The van der Waals surface area contributed by atoms with E-state index in [1.807, 2.05) is 22.8 Å². The molecule has 194 valence electrons. The summed E-state index contributed by atoms with van der Waals surface area (Å²) in [6, 6.07) is 6.07. The van der Waals surface area contributed by atoms with Gasteiger partial charge in [-0.15, -0.1) is 0 Å². The number of fused-ring (bicyclic) bond motifs is 1. The molecule has 36 heavy (non-hydrogen) atoms. The molecule has 3 aromatic heterocycles. The number of amides is 1. The molecule has 0 aliphatic carbocycles. The van der Waals surface area contributed by atoms with Gasteiger partial charge in [-0.05, 0) is 37.7 Å². The first-order valence-electron chi connectivity index (χ1n) is 12.5. The number of hydrogen-bond donors (Lipinski definition) is 3. The van der Waals surface area contributed by atoms with Crippen LogP contribution in [0, 0.1) is 0 Å². The lowest BCUT2D eigenvalue weighted by Gasteiger charge is -2.36. The fourth-order valence-electron chi connectivity index (χ4n) is 4.42. The first kappa shape index (κ1) is 25.5. The molecule has 4 heterocycles. The maximum atomic E-state index is 11.1. The van der Waals surface area contributed by atoms with Gasteiger partial charge in [0.15, 0.2) is 5.65 Å². The highest BCUT2D eigenvalue weighted by Crippen LogP contribution is 2.29. The number of nitrogens with one attached hydrogen (secondary N) is 2. The van der Waals surface area contributed by atoms with Crippen LogP contribution in [0.2, 0.25) is 0 Å². The van der Waals surface area contributed by atoms with E-state index in [1.165, 1.54) is 13.5 Å². The standard InChI is InChI=1S/C25H35N7O4/c1-3-19-17-29-32-21(14-22(30-24(19)32)31-10-5-4-6-20(31)9-11-33)27-15-18-7-8-23(28-16-18)35-12-13-36-25(34)26-2/h7-8,14,16-17,20,27,33H,3-6,9-13,15H2,1-2H3,(H,26,34)/t20-/m0/s1. The van der Waals surface area contributed by atoms with Crippen molar-refractivity contribution in [1.29, 1.82) is 0 Å². The molecule has 0 aromatic carbocycles. The summed E-state index contributed by atoms with van der Waals surface area (Å²) in [6.07, 6.45) is 8.09. The van der Waals surface area contributed by atoms with E-state index in [0.29, 0.717) is 12.4 Å². The van der Waals surface area contributed by atoms with Gasteiger partial charge in [0.05, 0.1) is 6.20 Å². The van der Waals surface area contributed by atoms with Crippen LogP contribution in [0.3, 0.4) is 0 Å². The number of carbonyl (C=O) groups excluding carboxylic acids is 1. The lowest BCUT2D eigenvalue weighted by Crippen LogP contribution is -2.40. The summed E-state index contributed by atoms with van der Waals surface area (Å²) < 4.78 is 12.3. The van der Waals surface area contributed by atoms with E-state index in [-0.39, 0.29) is 25.9 Å². The maximum absolute atomic E-state index is 11.1. The summed E-state index contributed by atoms with van der Waals surface area (Å²) in [4.78, 5) is 22.7. The molecule has 4 rings (SSSR count). The predicted octanol–water partition coefficient (Wildman–Crippen LogP) is 2.77. The number of aryl methyl sites for hydroxylation is 1. The number of alkyl carbamates (subject to hydrolysis) is 1. The van der Waals surface area contributed by atoms with Crippen molar-refractivity contribution < 1.29 is 19.4 Å². The fourth-order valence-corrected chi connectivity index (χ4v) is 4.42. The van der Waals surface area contributed by atoms with Gasteiger partial charge in [-0.1, -0.05) is 13.0 Å². The van der Waals surface area contributed by atoms with Gasteiger partial charge >= 0.3 is 6.09 Å². The molecule has 1 fully saturated rings. The second-order valence-electron chi connectivity index (χ2n) is 8.71. The SMILES string of the molecule is CCc1cnn2c(NCc3ccc(OCCOC(=O)NC)nc3)cc(N3CCCC[C@H]3CCO)nc12. The molecule has 0 bridgehead atoms. The highest BCUT2D eigenvalue weighted by molar-refractivity contribution is 5.66. The second-order valence-corrected chi connectivity index (χ2v) is 8.71. The lowest BCUT2D eigenvalue weighted by atomic mass is 9.99. The molecule has 1 saturated heterocycles. The van der Waals surface area contributed by atoms with Crippen molar-refractivity contribution in [3.8, 4) is 5.88 Å². The van der Waals surface area contributed by atoms with Crippen LogP contribution >= 0.6 is 0 Å². The summed E-state index contributed by atoms with van der Waals surface area (Å²) in [5.74, 6) is 2.24. The molecular formula is C25H35N7O4. The maximum Gasteiger partial charge on any atom is 0.406 e. The largest absolute Gasteiger partial charge is 0.474 e. The number of carbonyl (C=O) groups is 1. The molecule has 0 radical (unpaired) electrons. The minimum atomic E-state index is -0.492. The van der Waals surface area contributed by atoms with Crippen molar-refractivity contribution in [3.05, 3.63) is 41.7 Å². The predicted molar refractivity (Wildman–Crippen MR) is 137 cm³/mol. The number of aliphatic hydroxyl groups is 1. The summed E-state index contributed by atoms with van der Waals surface area (Å²) in [7, 11) is 1.51. The van der Waals surface area contributed by atoms with Gasteiger partial charge in [0.1, 0.15) is 24.8 Å². The Kier molecular flexibility index (Phi) is 8.77. The number of hydrogen-bond acceptors (Lipinski definition) is 9. The summed E-state index contributed by atoms with van der Waals surface area (Å²) in [6.45, 7) is 4.13. The van der Waals surface area contributed by atoms with Crippen LogP contribution in [0.25, 0.3) is 5.65 Å². The van der Waals surface area contributed by atoms with Gasteiger partial charge in [-0.3, -0.25) is 0 Å². The van der Waals surface area contributed by atoms with E-state index in [9.17, 15) is 9.90 Å². The first-order chi connectivity index (χ1) is 17.6. The number of nitrogens with zero attached hydrogens (tertiary/aromatic N) is 5. The van der Waals surface area contributed by atoms with E-state index in [4.69, 9.17) is 14.5 Å². The number of ether oxygens (including phenoxy) is 2.